The smallest absolute Gasteiger partial charge is 0.315 e. The molecule has 100 valence electrons. The zero-order valence-electron chi connectivity index (χ0n) is 9.88. The first kappa shape index (κ1) is 14.0. The summed E-state index contributed by atoms with van der Waals surface area (Å²) in [4.78, 5) is 21.8. The minimum atomic E-state index is -0.980. The predicted molar refractivity (Wildman–Crippen MR) is 59.8 cm³/mol. The lowest BCUT2D eigenvalue weighted by atomic mass is 10.2. The topological polar surface area (TPSA) is 114 Å². The third kappa shape index (κ3) is 5.30. The van der Waals surface area contributed by atoms with Crippen LogP contribution in [-0.4, -0.2) is 42.0 Å². The normalized spacial score (nSPS) is 11.8. The van der Waals surface area contributed by atoms with Gasteiger partial charge in [0.25, 0.3) is 0 Å². The first-order valence-electron chi connectivity index (χ1n) is 5.27. The molecule has 1 heterocycles. The lowest BCUT2D eigenvalue weighted by molar-refractivity contribution is -0.139. The van der Waals surface area contributed by atoms with E-state index < -0.39 is 18.1 Å². The molecule has 0 saturated carbocycles. The van der Waals surface area contributed by atoms with Crippen molar-refractivity contribution in [1.82, 2.24) is 15.8 Å². The Bertz CT molecular complexity index is 379. The predicted octanol–water partition coefficient (Wildman–Crippen LogP) is -0.0365. The van der Waals surface area contributed by atoms with Crippen molar-refractivity contribution in [2.24, 2.45) is 0 Å². The average Bonchev–Trinajstić information content (AvgIpc) is 2.84. The quantitative estimate of drug-likeness (QED) is 0.631. The van der Waals surface area contributed by atoms with Crippen LogP contribution in [0.15, 0.2) is 16.9 Å². The number of hydrogen-bond acceptors (Lipinski definition) is 5. The number of urea groups is 1. The van der Waals surface area contributed by atoms with Gasteiger partial charge >= 0.3 is 12.0 Å². The number of methoxy groups -OCH3 is 1. The number of hydrogen-bond donors (Lipinski definition) is 3. The van der Waals surface area contributed by atoms with Gasteiger partial charge in [0, 0.05) is 19.7 Å². The Morgan fingerprint density at radius 1 is 1.56 bits per heavy atom. The molecule has 1 rings (SSSR count). The van der Waals surface area contributed by atoms with Gasteiger partial charge < -0.3 is 25.0 Å². The summed E-state index contributed by atoms with van der Waals surface area (Å²) in [5.74, 6) is -0.980. The summed E-state index contributed by atoms with van der Waals surface area (Å²) >= 11 is 0. The number of carboxylic acid groups (broad SMARTS) is 1. The molecule has 0 bridgehead atoms. The maximum atomic E-state index is 11.4. The highest BCUT2D eigenvalue weighted by atomic mass is 16.5. The molecule has 18 heavy (non-hydrogen) atoms. The van der Waals surface area contributed by atoms with Gasteiger partial charge in [0.05, 0.1) is 19.1 Å². The molecule has 1 unspecified atom stereocenters. The van der Waals surface area contributed by atoms with E-state index in [0.29, 0.717) is 5.69 Å². The van der Waals surface area contributed by atoms with E-state index in [0.717, 1.165) is 0 Å². The first-order chi connectivity index (χ1) is 8.61. The molecule has 0 spiro atoms. The minimum absolute atomic E-state index is 0.119. The fourth-order valence-corrected chi connectivity index (χ4v) is 1.20. The van der Waals surface area contributed by atoms with Crippen LogP contribution in [0, 0.1) is 0 Å². The minimum Gasteiger partial charge on any atom is -0.481 e. The van der Waals surface area contributed by atoms with E-state index in [4.69, 9.17) is 9.84 Å². The van der Waals surface area contributed by atoms with Gasteiger partial charge in [0.1, 0.15) is 12.0 Å². The van der Waals surface area contributed by atoms with Crippen LogP contribution in [0.3, 0.4) is 0 Å². The molecule has 0 aliphatic carbocycles. The molecule has 0 aliphatic rings. The van der Waals surface area contributed by atoms with E-state index in [1.54, 1.807) is 6.07 Å². The van der Waals surface area contributed by atoms with Gasteiger partial charge in [-0.15, -0.1) is 0 Å². The van der Waals surface area contributed by atoms with Crippen LogP contribution in [0.1, 0.15) is 12.1 Å². The highest BCUT2D eigenvalue weighted by Crippen LogP contribution is 1.96. The number of ether oxygens (including phenoxy) is 1. The Hall–Kier alpha value is -2.09. The third-order valence-electron chi connectivity index (χ3n) is 2.15. The zero-order chi connectivity index (χ0) is 13.4. The largest absolute Gasteiger partial charge is 0.481 e. The molecule has 0 aromatic carbocycles. The fourth-order valence-electron chi connectivity index (χ4n) is 1.20. The summed E-state index contributed by atoms with van der Waals surface area (Å²) in [6.45, 7) is 0.354. The number of nitrogens with one attached hydrogen (secondary N) is 2. The standard InChI is InChI=1S/C10H15N3O5/c1-17-8(4-9(14)15)6-12-10(16)11-5-7-2-3-18-13-7/h2-3,8H,4-6H2,1H3,(H,14,15)(H2,11,12,16). The molecule has 8 nitrogen and oxygen atoms in total. The molecule has 0 fully saturated rings. The Morgan fingerprint density at radius 2 is 2.33 bits per heavy atom. The molecule has 2 amide bonds. The fraction of sp³-hybridized carbons (Fsp3) is 0.500. The maximum absolute atomic E-state index is 11.4. The monoisotopic (exact) mass is 257 g/mol. The number of carbonyl (C=O) groups is 2. The van der Waals surface area contributed by atoms with Crippen LogP contribution in [0.5, 0.6) is 0 Å². The summed E-state index contributed by atoms with van der Waals surface area (Å²) in [7, 11) is 1.39. The van der Waals surface area contributed by atoms with Gasteiger partial charge in [-0.1, -0.05) is 5.16 Å². The van der Waals surface area contributed by atoms with Gasteiger partial charge in [-0.2, -0.15) is 0 Å². The van der Waals surface area contributed by atoms with Crippen LogP contribution >= 0.6 is 0 Å². The number of rotatable bonds is 7. The van der Waals surface area contributed by atoms with Crippen LogP contribution in [0.25, 0.3) is 0 Å². The number of carbonyl (C=O) groups excluding carboxylic acids is 1. The van der Waals surface area contributed by atoms with Gasteiger partial charge in [-0.25, -0.2) is 4.79 Å². The van der Waals surface area contributed by atoms with Gasteiger partial charge in [0.15, 0.2) is 0 Å². The van der Waals surface area contributed by atoms with E-state index >= 15 is 0 Å². The second kappa shape index (κ2) is 7.28. The molecule has 1 atom stereocenters. The van der Waals surface area contributed by atoms with Crippen molar-refractivity contribution in [2.45, 2.75) is 19.1 Å². The lowest BCUT2D eigenvalue weighted by Gasteiger charge is -2.14. The molecule has 8 heteroatoms. The number of aliphatic carboxylic acids is 1. The van der Waals surface area contributed by atoms with Crippen molar-refractivity contribution in [3.63, 3.8) is 0 Å². The molecular formula is C10H15N3O5. The average molecular weight is 257 g/mol. The second-order valence-corrected chi connectivity index (χ2v) is 3.51. The highest BCUT2D eigenvalue weighted by Gasteiger charge is 2.13. The van der Waals surface area contributed by atoms with Crippen molar-refractivity contribution < 1.29 is 24.0 Å². The Labute approximate surface area is 103 Å². The van der Waals surface area contributed by atoms with Gasteiger partial charge in [-0.3, -0.25) is 4.79 Å². The Balaban J connectivity index is 2.21. The van der Waals surface area contributed by atoms with E-state index in [9.17, 15) is 9.59 Å². The van der Waals surface area contributed by atoms with Gasteiger partial charge in [-0.05, 0) is 0 Å². The second-order valence-electron chi connectivity index (χ2n) is 3.51. The van der Waals surface area contributed by atoms with Crippen molar-refractivity contribution in [2.75, 3.05) is 13.7 Å². The molecule has 0 radical (unpaired) electrons. The Kier molecular flexibility index (Phi) is 5.65. The number of nitrogens with zero attached hydrogens (tertiary/aromatic N) is 1. The van der Waals surface area contributed by atoms with Gasteiger partial charge in [0.2, 0.25) is 0 Å². The highest BCUT2D eigenvalue weighted by molar-refractivity contribution is 5.74. The zero-order valence-corrected chi connectivity index (χ0v) is 9.88. The van der Waals surface area contributed by atoms with E-state index in [1.165, 1.54) is 13.4 Å². The molecular weight excluding hydrogens is 242 g/mol. The summed E-state index contributed by atoms with van der Waals surface area (Å²) in [6, 6.07) is 1.20. The first-order valence-corrected chi connectivity index (χ1v) is 5.27. The molecule has 1 aromatic rings. The SMILES string of the molecule is COC(CNC(=O)NCc1ccon1)CC(=O)O. The van der Waals surface area contributed by atoms with Crippen LogP contribution in [0.4, 0.5) is 4.79 Å². The van der Waals surface area contributed by atoms with Crippen molar-refractivity contribution in [3.8, 4) is 0 Å². The number of aromatic nitrogens is 1. The third-order valence-corrected chi connectivity index (χ3v) is 2.15. The Morgan fingerprint density at radius 3 is 2.89 bits per heavy atom. The summed E-state index contributed by atoms with van der Waals surface area (Å²) < 4.78 is 9.51. The molecule has 1 aromatic heterocycles. The van der Waals surface area contributed by atoms with E-state index in [-0.39, 0.29) is 19.5 Å². The summed E-state index contributed by atoms with van der Waals surface area (Å²) in [5, 5.41) is 17.2. The number of carboxylic acids is 1. The van der Waals surface area contributed by atoms with Crippen molar-refractivity contribution in [3.05, 3.63) is 18.0 Å². The maximum Gasteiger partial charge on any atom is 0.315 e. The van der Waals surface area contributed by atoms with E-state index in [2.05, 4.69) is 20.3 Å². The lowest BCUT2D eigenvalue weighted by Crippen LogP contribution is -2.40. The van der Waals surface area contributed by atoms with Crippen LogP contribution < -0.4 is 10.6 Å². The van der Waals surface area contributed by atoms with Crippen molar-refractivity contribution >= 4 is 12.0 Å². The van der Waals surface area contributed by atoms with Crippen LogP contribution in [0.2, 0.25) is 0 Å². The molecule has 0 saturated heterocycles. The van der Waals surface area contributed by atoms with Crippen molar-refractivity contribution in [1.29, 1.82) is 0 Å². The summed E-state index contributed by atoms with van der Waals surface area (Å²) in [6.07, 6.45) is 0.684. The number of amides is 2. The summed E-state index contributed by atoms with van der Waals surface area (Å²) in [5.41, 5.74) is 0.596. The van der Waals surface area contributed by atoms with Crippen LogP contribution in [-0.2, 0) is 16.1 Å². The molecule has 3 N–H and O–H groups in total. The molecule has 0 aliphatic heterocycles. The van der Waals surface area contributed by atoms with E-state index in [1.807, 2.05) is 0 Å².